The Labute approximate surface area is 154 Å². The molecular formula is C23H22ClF. The van der Waals surface area contributed by atoms with Gasteiger partial charge in [0.05, 0.1) is 0 Å². The van der Waals surface area contributed by atoms with Crippen molar-refractivity contribution in [2.75, 3.05) is 0 Å². The smallest absolute Gasteiger partial charge is 0.132 e. The standard InChI is InChI=1S/C23H22ClF/c1-2-3-4-5-17-6-8-18(9-7-17)19-10-12-20(13-11-19)22-15-14-21(24)16-23(22)25/h6-16H,2-5H2,1H3. The Morgan fingerprint density at radius 1 is 0.760 bits per heavy atom. The SMILES string of the molecule is CCCCCc1ccc(-c2ccc(-c3ccc(Cl)cc3F)cc2)cc1. The van der Waals surface area contributed by atoms with E-state index in [9.17, 15) is 4.39 Å². The van der Waals surface area contributed by atoms with Crippen LogP contribution in [-0.4, -0.2) is 0 Å². The predicted molar refractivity (Wildman–Crippen MR) is 106 cm³/mol. The van der Waals surface area contributed by atoms with E-state index in [1.165, 1.54) is 36.5 Å². The monoisotopic (exact) mass is 352 g/mol. The molecule has 0 unspecified atom stereocenters. The molecule has 0 fully saturated rings. The molecule has 3 aromatic carbocycles. The molecule has 0 aliphatic carbocycles. The molecule has 3 rings (SSSR count). The van der Waals surface area contributed by atoms with E-state index in [1.54, 1.807) is 12.1 Å². The van der Waals surface area contributed by atoms with Crippen molar-refractivity contribution < 1.29 is 4.39 Å². The van der Waals surface area contributed by atoms with Crippen LogP contribution in [0.5, 0.6) is 0 Å². The molecule has 0 aliphatic rings. The summed E-state index contributed by atoms with van der Waals surface area (Å²) in [5.74, 6) is -0.295. The third-order valence-electron chi connectivity index (χ3n) is 4.48. The van der Waals surface area contributed by atoms with Crippen LogP contribution >= 0.6 is 11.6 Å². The summed E-state index contributed by atoms with van der Waals surface area (Å²) in [5, 5.41) is 0.414. The molecule has 0 bridgehead atoms. The summed E-state index contributed by atoms with van der Waals surface area (Å²) in [4.78, 5) is 0. The average molecular weight is 353 g/mol. The van der Waals surface area contributed by atoms with Gasteiger partial charge in [-0.05, 0) is 53.3 Å². The fourth-order valence-electron chi connectivity index (χ4n) is 3.01. The maximum Gasteiger partial charge on any atom is 0.132 e. The second-order valence-corrected chi connectivity index (χ2v) is 6.79. The molecule has 2 heteroatoms. The third kappa shape index (κ3) is 4.49. The fraction of sp³-hybridized carbons (Fsp3) is 0.217. The van der Waals surface area contributed by atoms with E-state index in [1.807, 2.05) is 24.3 Å². The molecule has 0 radical (unpaired) electrons. The predicted octanol–water partition coefficient (Wildman–Crippen LogP) is 7.55. The minimum atomic E-state index is -0.295. The molecule has 0 spiro atoms. The number of hydrogen-bond acceptors (Lipinski definition) is 0. The second-order valence-electron chi connectivity index (χ2n) is 6.36. The van der Waals surface area contributed by atoms with Crippen molar-refractivity contribution in [2.45, 2.75) is 32.6 Å². The highest BCUT2D eigenvalue weighted by Crippen LogP contribution is 2.28. The summed E-state index contributed by atoms with van der Waals surface area (Å²) in [6.45, 7) is 2.22. The van der Waals surface area contributed by atoms with Crippen LogP contribution in [-0.2, 0) is 6.42 Å². The molecule has 0 heterocycles. The summed E-state index contributed by atoms with van der Waals surface area (Å²) in [6.07, 6.45) is 4.92. The zero-order valence-electron chi connectivity index (χ0n) is 14.4. The Balaban J connectivity index is 1.76. The Morgan fingerprint density at radius 3 is 1.96 bits per heavy atom. The molecule has 0 amide bonds. The molecule has 0 N–H and O–H groups in total. The first-order valence-corrected chi connectivity index (χ1v) is 9.20. The number of rotatable bonds is 6. The van der Waals surface area contributed by atoms with Gasteiger partial charge in [0.25, 0.3) is 0 Å². The van der Waals surface area contributed by atoms with E-state index in [-0.39, 0.29) is 5.82 Å². The second kappa shape index (κ2) is 8.31. The Morgan fingerprint density at radius 2 is 1.36 bits per heavy atom. The maximum atomic E-state index is 14.0. The number of hydrogen-bond donors (Lipinski definition) is 0. The lowest BCUT2D eigenvalue weighted by atomic mass is 9.98. The Hall–Kier alpha value is -2.12. The van der Waals surface area contributed by atoms with Crippen LogP contribution in [0.2, 0.25) is 5.02 Å². The Bertz CT molecular complexity index is 820. The molecule has 3 aromatic rings. The van der Waals surface area contributed by atoms with Crippen LogP contribution in [0.25, 0.3) is 22.3 Å². The lowest BCUT2D eigenvalue weighted by molar-refractivity contribution is 0.631. The first-order valence-electron chi connectivity index (χ1n) is 8.82. The molecule has 0 saturated carbocycles. The third-order valence-corrected chi connectivity index (χ3v) is 4.72. The van der Waals surface area contributed by atoms with Crippen LogP contribution in [0.4, 0.5) is 4.39 Å². The minimum absolute atomic E-state index is 0.295. The van der Waals surface area contributed by atoms with E-state index in [0.717, 1.165) is 17.5 Å². The van der Waals surface area contributed by atoms with Gasteiger partial charge in [-0.1, -0.05) is 79.9 Å². The highest BCUT2D eigenvalue weighted by atomic mass is 35.5. The highest BCUT2D eigenvalue weighted by molar-refractivity contribution is 6.30. The highest BCUT2D eigenvalue weighted by Gasteiger charge is 2.06. The molecule has 0 aliphatic heterocycles. The fourth-order valence-corrected chi connectivity index (χ4v) is 3.17. The van der Waals surface area contributed by atoms with Gasteiger partial charge in [0, 0.05) is 10.6 Å². The minimum Gasteiger partial charge on any atom is -0.206 e. The summed E-state index contributed by atoms with van der Waals surface area (Å²) in [5.41, 5.74) is 5.13. The molecule has 0 atom stereocenters. The van der Waals surface area contributed by atoms with Gasteiger partial charge in [0.1, 0.15) is 5.82 Å². The number of benzene rings is 3. The van der Waals surface area contributed by atoms with Crippen molar-refractivity contribution in [3.8, 4) is 22.3 Å². The Kier molecular flexibility index (Phi) is 5.88. The van der Waals surface area contributed by atoms with E-state index in [4.69, 9.17) is 11.6 Å². The van der Waals surface area contributed by atoms with E-state index >= 15 is 0 Å². The topological polar surface area (TPSA) is 0 Å². The van der Waals surface area contributed by atoms with Crippen LogP contribution in [0, 0.1) is 5.82 Å². The van der Waals surface area contributed by atoms with Crippen molar-refractivity contribution >= 4 is 11.6 Å². The zero-order chi connectivity index (χ0) is 17.6. The van der Waals surface area contributed by atoms with Gasteiger partial charge in [-0.3, -0.25) is 0 Å². The lowest BCUT2D eigenvalue weighted by Crippen LogP contribution is -1.87. The van der Waals surface area contributed by atoms with Gasteiger partial charge in [-0.25, -0.2) is 4.39 Å². The first kappa shape index (κ1) is 17.7. The van der Waals surface area contributed by atoms with Crippen molar-refractivity contribution in [3.63, 3.8) is 0 Å². The summed E-state index contributed by atoms with van der Waals surface area (Å²) < 4.78 is 14.0. The normalized spacial score (nSPS) is 10.8. The average Bonchev–Trinajstić information content (AvgIpc) is 2.63. The van der Waals surface area contributed by atoms with E-state index < -0.39 is 0 Å². The van der Waals surface area contributed by atoms with Gasteiger partial charge in [-0.2, -0.15) is 0 Å². The summed E-state index contributed by atoms with van der Waals surface area (Å²) in [7, 11) is 0. The van der Waals surface area contributed by atoms with Gasteiger partial charge >= 0.3 is 0 Å². The van der Waals surface area contributed by atoms with Crippen molar-refractivity contribution in [2.24, 2.45) is 0 Å². The molecular weight excluding hydrogens is 331 g/mol. The van der Waals surface area contributed by atoms with Gasteiger partial charge in [0.15, 0.2) is 0 Å². The van der Waals surface area contributed by atoms with Gasteiger partial charge < -0.3 is 0 Å². The lowest BCUT2D eigenvalue weighted by Gasteiger charge is -2.07. The maximum absolute atomic E-state index is 14.0. The van der Waals surface area contributed by atoms with Crippen molar-refractivity contribution in [1.82, 2.24) is 0 Å². The van der Waals surface area contributed by atoms with E-state index in [0.29, 0.717) is 10.6 Å². The number of aryl methyl sites for hydroxylation is 1. The zero-order valence-corrected chi connectivity index (χ0v) is 15.2. The summed E-state index contributed by atoms with van der Waals surface area (Å²) >= 11 is 5.82. The van der Waals surface area contributed by atoms with Gasteiger partial charge in [0.2, 0.25) is 0 Å². The molecule has 0 aromatic heterocycles. The summed E-state index contributed by atoms with van der Waals surface area (Å²) in [6, 6.07) is 21.5. The quantitative estimate of drug-likeness (QED) is 0.402. The number of halogens is 2. The van der Waals surface area contributed by atoms with Crippen molar-refractivity contribution in [1.29, 1.82) is 0 Å². The van der Waals surface area contributed by atoms with E-state index in [2.05, 4.69) is 31.2 Å². The molecule has 0 nitrogen and oxygen atoms in total. The molecule has 25 heavy (non-hydrogen) atoms. The van der Waals surface area contributed by atoms with Crippen LogP contribution in [0.3, 0.4) is 0 Å². The van der Waals surface area contributed by atoms with Crippen molar-refractivity contribution in [3.05, 3.63) is 83.1 Å². The largest absolute Gasteiger partial charge is 0.206 e. The van der Waals surface area contributed by atoms with Gasteiger partial charge in [-0.15, -0.1) is 0 Å². The molecule has 128 valence electrons. The molecule has 0 saturated heterocycles. The first-order chi connectivity index (χ1) is 12.2. The van der Waals surface area contributed by atoms with Crippen LogP contribution in [0.15, 0.2) is 66.7 Å². The van der Waals surface area contributed by atoms with Crippen LogP contribution in [0.1, 0.15) is 31.7 Å². The number of unbranched alkanes of at least 4 members (excludes halogenated alkanes) is 2. The van der Waals surface area contributed by atoms with Crippen LogP contribution < -0.4 is 0 Å².